The Morgan fingerprint density at radius 1 is 1.47 bits per heavy atom. The van der Waals surface area contributed by atoms with E-state index in [-0.39, 0.29) is 5.56 Å². The lowest BCUT2D eigenvalue weighted by molar-refractivity contribution is 0.0696. The molecule has 1 N–H and O–H groups in total. The Hall–Kier alpha value is -1.75. The summed E-state index contributed by atoms with van der Waals surface area (Å²) in [5.74, 6) is 0.588. The van der Waals surface area contributed by atoms with Crippen LogP contribution in [0.2, 0.25) is 0 Å². The summed E-state index contributed by atoms with van der Waals surface area (Å²) in [7, 11) is 3.64. The third-order valence-electron chi connectivity index (χ3n) is 3.37. The maximum Gasteiger partial charge on any atom is 0.335 e. The largest absolute Gasteiger partial charge is 0.493 e. The van der Waals surface area contributed by atoms with Crippen molar-refractivity contribution in [2.45, 2.75) is 6.42 Å². The average Bonchev–Trinajstić information content (AvgIpc) is 2.81. The van der Waals surface area contributed by atoms with Crippen LogP contribution in [0.25, 0.3) is 0 Å². The predicted molar refractivity (Wildman–Crippen MR) is 71.1 cm³/mol. The molecule has 1 saturated heterocycles. The lowest BCUT2D eigenvalue weighted by Crippen LogP contribution is -2.18. The number of aromatic carboxylic acids is 1. The number of likely N-dealkylation sites (tertiary alicyclic amines) is 1. The van der Waals surface area contributed by atoms with Gasteiger partial charge in [0.15, 0.2) is 11.5 Å². The van der Waals surface area contributed by atoms with E-state index in [0.717, 1.165) is 19.5 Å². The molecular formula is C14H19NO4. The maximum atomic E-state index is 11.0. The number of carboxylic acids is 1. The monoisotopic (exact) mass is 265 g/mol. The summed E-state index contributed by atoms with van der Waals surface area (Å²) in [4.78, 5) is 13.2. The first-order chi connectivity index (χ1) is 9.10. The molecule has 5 nitrogen and oxygen atoms in total. The number of methoxy groups -OCH3 is 1. The molecule has 104 valence electrons. The highest BCUT2D eigenvalue weighted by Gasteiger charge is 2.20. The lowest BCUT2D eigenvalue weighted by Gasteiger charge is -2.15. The van der Waals surface area contributed by atoms with Crippen LogP contribution in [0.4, 0.5) is 0 Å². The summed E-state index contributed by atoms with van der Waals surface area (Å²) in [6, 6.07) is 4.65. The zero-order valence-electron chi connectivity index (χ0n) is 11.3. The van der Waals surface area contributed by atoms with Crippen LogP contribution in [0.1, 0.15) is 16.8 Å². The van der Waals surface area contributed by atoms with Crippen molar-refractivity contribution in [2.75, 3.05) is 33.9 Å². The summed E-state index contributed by atoms with van der Waals surface area (Å²) in [6.07, 6.45) is 1.11. The third-order valence-corrected chi connectivity index (χ3v) is 3.37. The van der Waals surface area contributed by atoms with E-state index in [1.54, 1.807) is 13.2 Å². The molecular weight excluding hydrogens is 246 g/mol. The number of carbonyl (C=O) groups is 1. The van der Waals surface area contributed by atoms with E-state index < -0.39 is 5.97 Å². The predicted octanol–water partition coefficient (Wildman–Crippen LogP) is 1.72. The minimum atomic E-state index is -0.965. The Labute approximate surface area is 112 Å². The minimum absolute atomic E-state index is 0.208. The summed E-state index contributed by atoms with van der Waals surface area (Å²) in [6.45, 7) is 2.69. The van der Waals surface area contributed by atoms with Crippen LogP contribution in [-0.4, -0.2) is 49.8 Å². The molecule has 0 aliphatic carbocycles. The zero-order valence-corrected chi connectivity index (χ0v) is 11.3. The van der Waals surface area contributed by atoms with Crippen LogP contribution in [0.15, 0.2) is 18.2 Å². The molecule has 0 spiro atoms. The van der Waals surface area contributed by atoms with Gasteiger partial charge in [0.1, 0.15) is 0 Å². The van der Waals surface area contributed by atoms with Crippen LogP contribution < -0.4 is 9.47 Å². The molecule has 1 heterocycles. The normalized spacial score (nSPS) is 19.4. The highest BCUT2D eigenvalue weighted by atomic mass is 16.5. The molecule has 1 aromatic carbocycles. The van der Waals surface area contributed by atoms with E-state index in [1.165, 1.54) is 12.1 Å². The molecule has 1 aliphatic heterocycles. The van der Waals surface area contributed by atoms with Crippen LogP contribution in [-0.2, 0) is 0 Å². The first-order valence-corrected chi connectivity index (χ1v) is 6.33. The minimum Gasteiger partial charge on any atom is -0.493 e. The Morgan fingerprint density at radius 3 is 2.84 bits per heavy atom. The van der Waals surface area contributed by atoms with E-state index in [1.807, 2.05) is 0 Å². The van der Waals surface area contributed by atoms with Crippen LogP contribution >= 0.6 is 0 Å². The Bertz CT molecular complexity index is 461. The van der Waals surface area contributed by atoms with Crippen molar-refractivity contribution in [3.8, 4) is 11.5 Å². The van der Waals surface area contributed by atoms with Gasteiger partial charge < -0.3 is 19.5 Å². The van der Waals surface area contributed by atoms with Gasteiger partial charge in [-0.25, -0.2) is 4.79 Å². The van der Waals surface area contributed by atoms with Crippen molar-refractivity contribution >= 4 is 5.97 Å². The van der Waals surface area contributed by atoms with Gasteiger partial charge in [0.2, 0.25) is 0 Å². The first kappa shape index (κ1) is 13.7. The maximum absolute atomic E-state index is 11.0. The van der Waals surface area contributed by atoms with E-state index in [0.29, 0.717) is 24.0 Å². The van der Waals surface area contributed by atoms with Gasteiger partial charge in [0.05, 0.1) is 19.3 Å². The van der Waals surface area contributed by atoms with Crippen LogP contribution in [0.3, 0.4) is 0 Å². The smallest absolute Gasteiger partial charge is 0.335 e. The quantitative estimate of drug-likeness (QED) is 0.878. The Morgan fingerprint density at radius 2 is 2.26 bits per heavy atom. The molecule has 1 fully saturated rings. The molecule has 0 bridgehead atoms. The molecule has 1 aromatic rings. The van der Waals surface area contributed by atoms with E-state index in [2.05, 4.69) is 11.9 Å². The average molecular weight is 265 g/mol. The van der Waals surface area contributed by atoms with Gasteiger partial charge in [-0.1, -0.05) is 0 Å². The first-order valence-electron chi connectivity index (χ1n) is 6.33. The molecule has 0 amide bonds. The Kier molecular flexibility index (Phi) is 4.27. The van der Waals surface area contributed by atoms with Crippen molar-refractivity contribution in [3.63, 3.8) is 0 Å². The SMILES string of the molecule is COc1ccc(C(=O)O)cc1OCC1CCN(C)C1. The number of benzene rings is 1. The number of nitrogens with zero attached hydrogens (tertiary/aromatic N) is 1. The van der Waals surface area contributed by atoms with Gasteiger partial charge in [0, 0.05) is 12.5 Å². The fraction of sp³-hybridized carbons (Fsp3) is 0.500. The fourth-order valence-corrected chi connectivity index (χ4v) is 2.29. The van der Waals surface area contributed by atoms with Gasteiger partial charge in [-0.15, -0.1) is 0 Å². The Balaban J connectivity index is 2.05. The summed E-state index contributed by atoms with van der Waals surface area (Å²) in [5, 5.41) is 8.98. The topological polar surface area (TPSA) is 59.0 Å². The van der Waals surface area contributed by atoms with Gasteiger partial charge in [-0.05, 0) is 38.2 Å². The van der Waals surface area contributed by atoms with E-state index in [9.17, 15) is 4.79 Å². The number of ether oxygens (including phenoxy) is 2. The molecule has 0 radical (unpaired) electrons. The number of hydrogen-bond acceptors (Lipinski definition) is 4. The lowest BCUT2D eigenvalue weighted by atomic mass is 10.1. The van der Waals surface area contributed by atoms with E-state index in [4.69, 9.17) is 14.6 Å². The van der Waals surface area contributed by atoms with E-state index >= 15 is 0 Å². The highest BCUT2D eigenvalue weighted by molar-refractivity contribution is 5.88. The molecule has 1 unspecified atom stereocenters. The second kappa shape index (κ2) is 5.93. The molecule has 1 atom stereocenters. The molecule has 19 heavy (non-hydrogen) atoms. The van der Waals surface area contributed by atoms with Crippen molar-refractivity contribution in [3.05, 3.63) is 23.8 Å². The number of carboxylic acid groups (broad SMARTS) is 1. The molecule has 1 aliphatic rings. The number of rotatable bonds is 5. The van der Waals surface area contributed by atoms with Gasteiger partial charge in [0.25, 0.3) is 0 Å². The van der Waals surface area contributed by atoms with Crippen molar-refractivity contribution in [2.24, 2.45) is 5.92 Å². The van der Waals surface area contributed by atoms with Crippen LogP contribution in [0.5, 0.6) is 11.5 Å². The molecule has 0 aromatic heterocycles. The number of hydrogen-bond donors (Lipinski definition) is 1. The summed E-state index contributed by atoms with van der Waals surface area (Å²) >= 11 is 0. The van der Waals surface area contributed by atoms with Crippen molar-refractivity contribution < 1.29 is 19.4 Å². The second-order valence-electron chi connectivity index (χ2n) is 4.90. The third kappa shape index (κ3) is 3.38. The molecule has 2 rings (SSSR count). The van der Waals surface area contributed by atoms with Gasteiger partial charge in [-0.2, -0.15) is 0 Å². The molecule has 5 heteroatoms. The van der Waals surface area contributed by atoms with Gasteiger partial charge >= 0.3 is 5.97 Å². The van der Waals surface area contributed by atoms with Crippen LogP contribution in [0, 0.1) is 5.92 Å². The highest BCUT2D eigenvalue weighted by Crippen LogP contribution is 2.29. The summed E-state index contributed by atoms with van der Waals surface area (Å²) < 4.78 is 10.9. The van der Waals surface area contributed by atoms with Gasteiger partial charge in [-0.3, -0.25) is 0 Å². The van der Waals surface area contributed by atoms with Crippen molar-refractivity contribution in [1.29, 1.82) is 0 Å². The zero-order chi connectivity index (χ0) is 13.8. The summed E-state index contributed by atoms with van der Waals surface area (Å²) in [5.41, 5.74) is 0.208. The molecule has 0 saturated carbocycles. The van der Waals surface area contributed by atoms with Crippen molar-refractivity contribution in [1.82, 2.24) is 4.90 Å². The fourth-order valence-electron chi connectivity index (χ4n) is 2.29. The second-order valence-corrected chi connectivity index (χ2v) is 4.90. The standard InChI is InChI=1S/C14H19NO4/c1-15-6-5-10(8-15)9-19-13-7-11(14(16)17)3-4-12(13)18-2/h3-4,7,10H,5-6,8-9H2,1-2H3,(H,16,17).